The predicted molar refractivity (Wildman–Crippen MR) is 98.3 cm³/mol. The van der Waals surface area contributed by atoms with Crippen LogP contribution in [0, 0.1) is 0 Å². The van der Waals surface area contributed by atoms with E-state index in [2.05, 4.69) is 32.9 Å². The zero-order chi connectivity index (χ0) is 17.6. The molecule has 4 nitrogen and oxygen atoms in total. The van der Waals surface area contributed by atoms with Crippen LogP contribution >= 0.6 is 0 Å². The van der Waals surface area contributed by atoms with E-state index in [1.165, 1.54) is 6.42 Å². The van der Waals surface area contributed by atoms with E-state index in [4.69, 9.17) is 0 Å². The molecule has 0 fully saturated rings. The van der Waals surface area contributed by atoms with Crippen molar-refractivity contribution in [2.75, 3.05) is 45.9 Å². The molecule has 0 atom stereocenters. The number of hydrogen-bond donors (Lipinski definition) is 1. The molecule has 0 bridgehead atoms. The van der Waals surface area contributed by atoms with Gasteiger partial charge in [-0.05, 0) is 47.0 Å². The highest BCUT2D eigenvalue weighted by molar-refractivity contribution is 5.76. The normalized spacial score (nSPS) is 12.0. The van der Waals surface area contributed by atoms with Gasteiger partial charge in [0.2, 0.25) is 5.91 Å². The summed E-state index contributed by atoms with van der Waals surface area (Å²) in [5.41, 5.74) is 0. The molecule has 0 saturated heterocycles. The Bertz CT molecular complexity index is 325. The van der Waals surface area contributed by atoms with E-state index in [1.54, 1.807) is 0 Å². The van der Waals surface area contributed by atoms with Crippen LogP contribution in [0.1, 0.15) is 59.8 Å². The van der Waals surface area contributed by atoms with Gasteiger partial charge < -0.3 is 14.5 Å². The quantitative estimate of drug-likeness (QED) is 0.302. The van der Waals surface area contributed by atoms with Gasteiger partial charge in [-0.15, -0.1) is 0 Å². The molecule has 0 aromatic heterocycles. The maximum absolute atomic E-state index is 12.4. The molecule has 0 aliphatic carbocycles. The number of amides is 1. The lowest BCUT2D eigenvalue weighted by Crippen LogP contribution is -2.53. The Kier molecular flexibility index (Phi) is 13.0. The molecular weight excluding hydrogens is 288 g/mol. The largest absolute Gasteiger partial charge is 0.391 e. The highest BCUT2D eigenvalue weighted by Gasteiger charge is 2.24. The highest BCUT2D eigenvalue weighted by atomic mass is 16.3. The van der Waals surface area contributed by atoms with Gasteiger partial charge in [-0.25, -0.2) is 0 Å². The second-order valence-corrected chi connectivity index (χ2v) is 6.29. The molecule has 4 heteroatoms. The van der Waals surface area contributed by atoms with Gasteiger partial charge in [-0.1, -0.05) is 18.6 Å². The minimum atomic E-state index is 0.216. The fourth-order valence-corrected chi connectivity index (χ4v) is 3.01. The average molecular weight is 328 g/mol. The Labute approximate surface area is 143 Å². The second kappa shape index (κ2) is 13.6. The molecule has 0 aliphatic rings. The van der Waals surface area contributed by atoms with Gasteiger partial charge in [0.25, 0.3) is 0 Å². The first kappa shape index (κ1) is 22.1. The van der Waals surface area contributed by atoms with Crippen molar-refractivity contribution in [3.8, 4) is 0 Å². The van der Waals surface area contributed by atoms with E-state index in [-0.39, 0.29) is 12.5 Å². The Morgan fingerprint density at radius 1 is 1.09 bits per heavy atom. The summed E-state index contributed by atoms with van der Waals surface area (Å²) in [4.78, 5) is 14.4. The van der Waals surface area contributed by atoms with Crippen LogP contribution in [0.4, 0.5) is 0 Å². The number of carbonyl (C=O) groups excluding carboxylic acids is 1. The van der Waals surface area contributed by atoms with E-state index in [0.717, 1.165) is 63.0 Å². The van der Waals surface area contributed by atoms with Crippen molar-refractivity contribution in [2.45, 2.75) is 59.8 Å². The van der Waals surface area contributed by atoms with Crippen LogP contribution in [0.15, 0.2) is 12.2 Å². The first-order valence-electron chi connectivity index (χ1n) is 9.44. The van der Waals surface area contributed by atoms with Crippen molar-refractivity contribution in [1.82, 2.24) is 4.90 Å². The number of nitrogens with zero attached hydrogens (tertiary/aromatic N) is 2. The molecular formula is C19H39N2O2+. The zero-order valence-electron chi connectivity index (χ0n) is 15.9. The van der Waals surface area contributed by atoms with Crippen LogP contribution in [-0.4, -0.2) is 66.3 Å². The van der Waals surface area contributed by atoms with Gasteiger partial charge in [0.05, 0.1) is 32.8 Å². The van der Waals surface area contributed by atoms with Crippen LogP contribution in [0.2, 0.25) is 0 Å². The van der Waals surface area contributed by atoms with Crippen LogP contribution in [0.25, 0.3) is 0 Å². The van der Waals surface area contributed by atoms with Gasteiger partial charge in [-0.2, -0.15) is 0 Å². The first-order valence-corrected chi connectivity index (χ1v) is 9.44. The third kappa shape index (κ3) is 9.11. The molecule has 0 spiro atoms. The number of carbonyl (C=O) groups is 1. The van der Waals surface area contributed by atoms with Gasteiger partial charge in [0.15, 0.2) is 0 Å². The Morgan fingerprint density at radius 2 is 1.78 bits per heavy atom. The molecule has 0 radical (unpaired) electrons. The summed E-state index contributed by atoms with van der Waals surface area (Å²) < 4.78 is 0.892. The lowest BCUT2D eigenvalue weighted by atomic mass is 10.1. The molecule has 0 saturated carbocycles. The second-order valence-electron chi connectivity index (χ2n) is 6.29. The minimum Gasteiger partial charge on any atom is -0.391 e. The molecule has 23 heavy (non-hydrogen) atoms. The van der Waals surface area contributed by atoms with E-state index >= 15 is 0 Å². The fourth-order valence-electron chi connectivity index (χ4n) is 3.01. The third-order valence-corrected chi connectivity index (χ3v) is 4.99. The summed E-state index contributed by atoms with van der Waals surface area (Å²) in [6, 6.07) is 0. The van der Waals surface area contributed by atoms with Gasteiger partial charge in [-0.3, -0.25) is 4.79 Å². The molecule has 0 unspecified atom stereocenters. The minimum absolute atomic E-state index is 0.216. The Balaban J connectivity index is 4.23. The van der Waals surface area contributed by atoms with Gasteiger partial charge in [0.1, 0.15) is 6.54 Å². The highest BCUT2D eigenvalue weighted by Crippen LogP contribution is 2.09. The van der Waals surface area contributed by atoms with Gasteiger partial charge in [0, 0.05) is 13.0 Å². The zero-order valence-corrected chi connectivity index (χ0v) is 15.9. The van der Waals surface area contributed by atoms with E-state index in [9.17, 15) is 9.90 Å². The monoisotopic (exact) mass is 327 g/mol. The Morgan fingerprint density at radius 3 is 2.30 bits per heavy atom. The molecule has 0 aliphatic heterocycles. The summed E-state index contributed by atoms with van der Waals surface area (Å²) in [5.74, 6) is 0.285. The van der Waals surface area contributed by atoms with E-state index in [0.29, 0.717) is 6.42 Å². The number of quaternary nitrogens is 1. The number of aliphatic hydroxyl groups is 1. The number of hydrogen-bond acceptors (Lipinski definition) is 2. The fraction of sp³-hybridized carbons (Fsp3) is 0.842. The predicted octanol–water partition coefficient (Wildman–Crippen LogP) is 3.21. The summed E-state index contributed by atoms with van der Waals surface area (Å²) in [6.45, 7) is 14.0. The molecule has 1 N–H and O–H groups in total. The summed E-state index contributed by atoms with van der Waals surface area (Å²) in [7, 11) is 0. The molecule has 0 aromatic carbocycles. The summed E-state index contributed by atoms with van der Waals surface area (Å²) in [6.07, 6.45) is 9.36. The molecule has 1 amide bonds. The van der Waals surface area contributed by atoms with E-state index in [1.807, 2.05) is 11.8 Å². The molecule has 136 valence electrons. The maximum Gasteiger partial charge on any atom is 0.222 e. The van der Waals surface area contributed by atoms with Crippen LogP contribution < -0.4 is 0 Å². The average Bonchev–Trinajstić information content (AvgIpc) is 2.57. The van der Waals surface area contributed by atoms with Crippen LogP contribution in [-0.2, 0) is 4.79 Å². The maximum atomic E-state index is 12.4. The number of unbranched alkanes of at least 4 members (excludes halogenated alkanes) is 3. The number of rotatable bonds is 14. The van der Waals surface area contributed by atoms with Gasteiger partial charge >= 0.3 is 0 Å². The molecule has 0 heterocycles. The van der Waals surface area contributed by atoms with E-state index < -0.39 is 0 Å². The van der Waals surface area contributed by atoms with Crippen molar-refractivity contribution in [3.05, 3.63) is 12.2 Å². The summed E-state index contributed by atoms with van der Waals surface area (Å²) >= 11 is 0. The molecule has 0 aromatic rings. The van der Waals surface area contributed by atoms with Crippen molar-refractivity contribution < 1.29 is 14.4 Å². The number of allylic oxidation sites excluding steroid dienone is 2. The van der Waals surface area contributed by atoms with Crippen LogP contribution in [0.5, 0.6) is 0 Å². The smallest absolute Gasteiger partial charge is 0.222 e. The number of aliphatic hydroxyl groups excluding tert-OH is 1. The van der Waals surface area contributed by atoms with Crippen molar-refractivity contribution in [3.63, 3.8) is 0 Å². The van der Waals surface area contributed by atoms with Crippen molar-refractivity contribution in [2.24, 2.45) is 0 Å². The lowest BCUT2D eigenvalue weighted by molar-refractivity contribution is -0.924. The Hall–Kier alpha value is -0.870. The van der Waals surface area contributed by atoms with Crippen LogP contribution in [0.3, 0.4) is 0 Å². The number of likely N-dealkylation sites (N-methyl/N-ethyl adjacent to an activating group) is 2. The first-order chi connectivity index (χ1) is 11.1. The lowest BCUT2D eigenvalue weighted by Gasteiger charge is -2.38. The third-order valence-electron chi connectivity index (χ3n) is 4.99. The SMILES string of the molecule is C/C=C/CCCCCC(=O)N(CC)CC[N+](CC)(CC)CCO. The van der Waals surface area contributed by atoms with Crippen molar-refractivity contribution in [1.29, 1.82) is 0 Å². The standard InChI is InChI=1S/C19H39N2O2/c1-5-9-10-11-12-13-14-19(23)20(6-2)15-16-21(7-3,8-4)17-18-22/h5,9,22H,6-8,10-18H2,1-4H3/q+1/b9-5+. The summed E-state index contributed by atoms with van der Waals surface area (Å²) in [5, 5.41) is 9.30. The topological polar surface area (TPSA) is 40.5 Å². The van der Waals surface area contributed by atoms with Crippen molar-refractivity contribution >= 4 is 5.91 Å². The molecule has 0 rings (SSSR count).